The van der Waals surface area contributed by atoms with Crippen molar-refractivity contribution in [3.63, 3.8) is 0 Å². The van der Waals surface area contributed by atoms with Crippen molar-refractivity contribution in [2.24, 2.45) is 0 Å². The molecule has 2 nitrogen and oxygen atoms in total. The molecule has 4 heteroatoms. The van der Waals surface area contributed by atoms with Crippen molar-refractivity contribution in [3.05, 3.63) is 57.3 Å². The van der Waals surface area contributed by atoms with Crippen molar-refractivity contribution in [2.75, 3.05) is 0 Å². The summed E-state index contributed by atoms with van der Waals surface area (Å²) in [5.41, 5.74) is 2.38. The zero-order valence-corrected chi connectivity index (χ0v) is 10.4. The fourth-order valence-electron chi connectivity index (χ4n) is 2.23. The van der Waals surface area contributed by atoms with E-state index in [-0.39, 0.29) is 5.78 Å². The topological polar surface area (TPSA) is 22.0 Å². The molecule has 0 N–H and O–H groups in total. The Morgan fingerprint density at radius 1 is 1.18 bits per heavy atom. The summed E-state index contributed by atoms with van der Waals surface area (Å²) in [6.45, 7) is 0.684. The highest BCUT2D eigenvalue weighted by Gasteiger charge is 2.24. The van der Waals surface area contributed by atoms with Gasteiger partial charge < -0.3 is 4.57 Å². The van der Waals surface area contributed by atoms with Gasteiger partial charge in [-0.25, -0.2) is 0 Å². The highest BCUT2D eigenvalue weighted by Crippen LogP contribution is 2.30. The SMILES string of the molecule is O=C1c2ccccc2CCn2c1cc(Cl)c2Cl. The summed E-state index contributed by atoms with van der Waals surface area (Å²) in [5, 5.41) is 0.886. The molecule has 1 aromatic heterocycles. The van der Waals surface area contributed by atoms with Crippen molar-refractivity contribution in [2.45, 2.75) is 13.0 Å². The van der Waals surface area contributed by atoms with Gasteiger partial charge in [0.15, 0.2) is 0 Å². The van der Waals surface area contributed by atoms with E-state index in [1.807, 2.05) is 24.3 Å². The smallest absolute Gasteiger partial charge is 0.209 e. The molecule has 0 aliphatic carbocycles. The summed E-state index contributed by atoms with van der Waals surface area (Å²) in [5.74, 6) is -0.00750. The van der Waals surface area contributed by atoms with Crippen molar-refractivity contribution < 1.29 is 4.79 Å². The van der Waals surface area contributed by atoms with Crippen LogP contribution in [0, 0.1) is 0 Å². The minimum Gasteiger partial charge on any atom is -0.327 e. The van der Waals surface area contributed by atoms with Crippen LogP contribution < -0.4 is 0 Å². The van der Waals surface area contributed by atoms with E-state index < -0.39 is 0 Å². The van der Waals surface area contributed by atoms with Crippen LogP contribution in [0.15, 0.2) is 30.3 Å². The maximum absolute atomic E-state index is 12.4. The summed E-state index contributed by atoms with van der Waals surface area (Å²) in [7, 11) is 0. The monoisotopic (exact) mass is 265 g/mol. The first-order chi connectivity index (χ1) is 8.18. The van der Waals surface area contributed by atoms with Crippen molar-refractivity contribution in [3.8, 4) is 0 Å². The molecule has 0 radical (unpaired) electrons. The number of hydrogen-bond donors (Lipinski definition) is 0. The van der Waals surface area contributed by atoms with E-state index in [2.05, 4.69) is 0 Å². The lowest BCUT2D eigenvalue weighted by atomic mass is 10.0. The highest BCUT2D eigenvalue weighted by molar-refractivity contribution is 6.42. The Labute approximate surface area is 109 Å². The fraction of sp³-hybridized carbons (Fsp3) is 0.154. The summed E-state index contributed by atoms with van der Waals surface area (Å²) in [4.78, 5) is 12.4. The zero-order valence-electron chi connectivity index (χ0n) is 8.91. The van der Waals surface area contributed by atoms with E-state index >= 15 is 0 Å². The van der Waals surface area contributed by atoms with Gasteiger partial charge in [0.1, 0.15) is 5.15 Å². The Morgan fingerprint density at radius 3 is 2.76 bits per heavy atom. The largest absolute Gasteiger partial charge is 0.327 e. The number of hydrogen-bond acceptors (Lipinski definition) is 1. The van der Waals surface area contributed by atoms with Gasteiger partial charge in [-0.15, -0.1) is 0 Å². The molecule has 0 saturated heterocycles. The molecule has 0 fully saturated rings. The molecule has 1 aromatic carbocycles. The maximum atomic E-state index is 12.4. The van der Waals surface area contributed by atoms with Gasteiger partial charge in [0.25, 0.3) is 0 Å². The summed E-state index contributed by atoms with van der Waals surface area (Å²) in [6.07, 6.45) is 0.791. The molecular formula is C13H9Cl2NO. The first-order valence-electron chi connectivity index (χ1n) is 5.35. The Morgan fingerprint density at radius 2 is 1.94 bits per heavy atom. The van der Waals surface area contributed by atoms with Crippen molar-refractivity contribution >= 4 is 29.0 Å². The predicted octanol–water partition coefficient (Wildman–Crippen LogP) is 3.58. The number of fused-ring (bicyclic) bond motifs is 2. The third-order valence-corrected chi connectivity index (χ3v) is 3.88. The van der Waals surface area contributed by atoms with E-state index in [0.29, 0.717) is 22.4 Å². The summed E-state index contributed by atoms with van der Waals surface area (Å²) in [6, 6.07) is 9.30. The van der Waals surface area contributed by atoms with Gasteiger partial charge in [0, 0.05) is 12.1 Å². The number of rotatable bonds is 0. The molecule has 1 aliphatic rings. The molecule has 86 valence electrons. The van der Waals surface area contributed by atoms with Gasteiger partial charge in [-0.1, -0.05) is 47.5 Å². The molecule has 17 heavy (non-hydrogen) atoms. The number of halogens is 2. The molecule has 2 heterocycles. The second-order valence-corrected chi connectivity index (χ2v) is 4.82. The minimum atomic E-state index is -0.00750. The molecule has 2 aromatic rings. The van der Waals surface area contributed by atoms with Crippen LogP contribution in [0.2, 0.25) is 10.2 Å². The van der Waals surface area contributed by atoms with Crippen molar-refractivity contribution in [1.82, 2.24) is 4.57 Å². The number of aryl methyl sites for hydroxylation is 1. The average molecular weight is 266 g/mol. The quantitative estimate of drug-likeness (QED) is 0.714. The summed E-state index contributed by atoms with van der Waals surface area (Å²) < 4.78 is 1.78. The zero-order chi connectivity index (χ0) is 12.0. The Balaban J connectivity index is 2.23. The number of carbonyl (C=O) groups is 1. The van der Waals surface area contributed by atoms with Crippen molar-refractivity contribution in [1.29, 1.82) is 0 Å². The number of ketones is 1. The van der Waals surface area contributed by atoms with Gasteiger partial charge in [0.2, 0.25) is 5.78 Å². The van der Waals surface area contributed by atoms with Crippen LogP contribution in [-0.2, 0) is 13.0 Å². The van der Waals surface area contributed by atoms with Gasteiger partial charge in [-0.3, -0.25) is 4.79 Å². The first kappa shape index (κ1) is 10.9. The molecule has 0 unspecified atom stereocenters. The lowest BCUT2D eigenvalue weighted by Crippen LogP contribution is -2.06. The third kappa shape index (κ3) is 1.60. The maximum Gasteiger partial charge on any atom is 0.209 e. The van der Waals surface area contributed by atoms with E-state index in [1.165, 1.54) is 0 Å². The Bertz CT molecular complexity index is 616. The van der Waals surface area contributed by atoms with Crippen LogP contribution >= 0.6 is 23.2 Å². The lowest BCUT2D eigenvalue weighted by Gasteiger charge is -2.04. The second-order valence-electron chi connectivity index (χ2n) is 4.06. The molecule has 0 spiro atoms. The fourth-order valence-corrected chi connectivity index (χ4v) is 2.66. The molecule has 1 aliphatic heterocycles. The number of benzene rings is 1. The average Bonchev–Trinajstić information content (AvgIpc) is 2.54. The highest BCUT2D eigenvalue weighted by atomic mass is 35.5. The normalized spacial score (nSPS) is 14.1. The minimum absolute atomic E-state index is 0.00750. The van der Waals surface area contributed by atoms with Crippen LogP contribution in [0.5, 0.6) is 0 Å². The molecular weight excluding hydrogens is 257 g/mol. The van der Waals surface area contributed by atoms with Gasteiger partial charge in [0.05, 0.1) is 10.7 Å². The Kier molecular flexibility index (Phi) is 2.49. The molecule has 0 amide bonds. The predicted molar refractivity (Wildman–Crippen MR) is 68.0 cm³/mol. The van der Waals surface area contributed by atoms with Crippen LogP contribution in [0.1, 0.15) is 21.6 Å². The molecule has 0 bridgehead atoms. The summed E-state index contributed by atoms with van der Waals surface area (Å²) >= 11 is 12.0. The number of nitrogens with zero attached hydrogens (tertiary/aromatic N) is 1. The van der Waals surface area contributed by atoms with Crippen LogP contribution in [0.4, 0.5) is 0 Å². The number of carbonyl (C=O) groups excluding carboxylic acids is 1. The van der Waals surface area contributed by atoms with E-state index in [9.17, 15) is 4.79 Å². The third-order valence-electron chi connectivity index (χ3n) is 3.09. The van der Waals surface area contributed by atoms with Gasteiger partial charge in [-0.2, -0.15) is 0 Å². The van der Waals surface area contributed by atoms with E-state index in [4.69, 9.17) is 23.2 Å². The molecule has 0 saturated carbocycles. The lowest BCUT2D eigenvalue weighted by molar-refractivity contribution is 0.103. The van der Waals surface area contributed by atoms with Gasteiger partial charge >= 0.3 is 0 Å². The second kappa shape index (κ2) is 3.90. The Hall–Kier alpha value is -1.25. The van der Waals surface area contributed by atoms with Crippen LogP contribution in [-0.4, -0.2) is 10.4 Å². The van der Waals surface area contributed by atoms with E-state index in [0.717, 1.165) is 17.5 Å². The van der Waals surface area contributed by atoms with Crippen LogP contribution in [0.25, 0.3) is 0 Å². The van der Waals surface area contributed by atoms with Gasteiger partial charge in [-0.05, 0) is 18.1 Å². The number of aromatic nitrogens is 1. The van der Waals surface area contributed by atoms with Crippen LogP contribution in [0.3, 0.4) is 0 Å². The van der Waals surface area contributed by atoms with E-state index in [1.54, 1.807) is 10.6 Å². The molecule has 0 atom stereocenters. The standard InChI is InChI=1S/C13H9Cl2NO/c14-10-7-11-12(17)9-4-2-1-3-8(9)5-6-16(11)13(10)15/h1-4,7H,5-6H2. The molecule has 3 rings (SSSR count). The first-order valence-corrected chi connectivity index (χ1v) is 6.11.